The van der Waals surface area contributed by atoms with Gasteiger partial charge in [0.25, 0.3) is 0 Å². The number of ether oxygens (including phenoxy) is 1. The van der Waals surface area contributed by atoms with Gasteiger partial charge >= 0.3 is 0 Å². The number of methoxy groups -OCH3 is 1. The number of nitrogens with one attached hydrogen (secondary N) is 2. The van der Waals surface area contributed by atoms with Crippen molar-refractivity contribution >= 4 is 5.91 Å². The molecule has 2 aliphatic rings. The number of carbonyl (C=O) groups is 1. The highest BCUT2D eigenvalue weighted by Gasteiger charge is 2.33. The summed E-state index contributed by atoms with van der Waals surface area (Å²) in [6.45, 7) is 3.09. The van der Waals surface area contributed by atoms with E-state index in [1.165, 1.54) is 38.5 Å². The summed E-state index contributed by atoms with van der Waals surface area (Å²) in [4.78, 5) is 11.8. The fraction of sp³-hybridized carbons (Fsp3) is 0.933. The maximum absolute atomic E-state index is 11.8. The fourth-order valence-corrected chi connectivity index (χ4v) is 3.02. The Morgan fingerprint density at radius 3 is 2.68 bits per heavy atom. The van der Waals surface area contributed by atoms with Crippen LogP contribution in [0.3, 0.4) is 0 Å². The predicted octanol–water partition coefficient (Wildman–Crippen LogP) is 1.70. The quantitative estimate of drug-likeness (QED) is 0.669. The van der Waals surface area contributed by atoms with E-state index in [2.05, 4.69) is 10.6 Å². The Hall–Kier alpha value is -0.610. The zero-order valence-corrected chi connectivity index (χ0v) is 12.2. The first-order valence-electron chi connectivity index (χ1n) is 7.70. The average Bonchev–Trinajstić information content (AvgIpc) is 3.12. The second kappa shape index (κ2) is 7.25. The van der Waals surface area contributed by atoms with Gasteiger partial charge in [-0.25, -0.2) is 0 Å². The van der Waals surface area contributed by atoms with Crippen molar-refractivity contribution in [2.24, 2.45) is 11.3 Å². The van der Waals surface area contributed by atoms with Crippen molar-refractivity contribution in [3.05, 3.63) is 0 Å². The topological polar surface area (TPSA) is 50.4 Å². The molecular formula is C15H28N2O2. The largest absolute Gasteiger partial charge is 0.385 e. The van der Waals surface area contributed by atoms with Crippen LogP contribution < -0.4 is 10.6 Å². The molecule has 0 bridgehead atoms. The van der Waals surface area contributed by atoms with Gasteiger partial charge in [-0.05, 0) is 50.0 Å². The molecule has 0 spiro atoms. The monoisotopic (exact) mass is 268 g/mol. The Morgan fingerprint density at radius 2 is 2.05 bits per heavy atom. The number of amides is 1. The van der Waals surface area contributed by atoms with Crippen molar-refractivity contribution in [1.82, 2.24) is 10.6 Å². The number of hydrogen-bond donors (Lipinski definition) is 2. The zero-order valence-electron chi connectivity index (χ0n) is 12.2. The van der Waals surface area contributed by atoms with E-state index < -0.39 is 0 Å². The van der Waals surface area contributed by atoms with Gasteiger partial charge in [0.2, 0.25) is 5.91 Å². The van der Waals surface area contributed by atoms with E-state index in [1.54, 1.807) is 7.11 Å². The third kappa shape index (κ3) is 5.11. The van der Waals surface area contributed by atoms with Crippen LogP contribution in [0.5, 0.6) is 0 Å². The van der Waals surface area contributed by atoms with E-state index in [-0.39, 0.29) is 5.91 Å². The average molecular weight is 268 g/mol. The molecule has 19 heavy (non-hydrogen) atoms. The SMILES string of the molecule is COCCC1(CNC(=O)CNCC2CC2)CCCC1. The Morgan fingerprint density at radius 1 is 1.32 bits per heavy atom. The molecule has 2 saturated carbocycles. The van der Waals surface area contributed by atoms with Gasteiger partial charge in [-0.3, -0.25) is 4.79 Å². The Labute approximate surface area is 116 Å². The summed E-state index contributed by atoms with van der Waals surface area (Å²) in [5.41, 5.74) is 0.294. The molecule has 0 heterocycles. The molecule has 0 atom stereocenters. The maximum atomic E-state index is 11.8. The standard InChI is InChI=1S/C15H28N2O2/c1-19-9-8-15(6-2-3-7-15)12-17-14(18)11-16-10-13-4-5-13/h13,16H,2-12H2,1H3,(H,17,18). The summed E-state index contributed by atoms with van der Waals surface area (Å²) in [7, 11) is 1.75. The molecule has 1 amide bonds. The van der Waals surface area contributed by atoms with Crippen molar-refractivity contribution in [3.63, 3.8) is 0 Å². The molecule has 0 unspecified atom stereocenters. The Balaban J connectivity index is 1.63. The fourth-order valence-electron chi connectivity index (χ4n) is 3.02. The van der Waals surface area contributed by atoms with Crippen molar-refractivity contribution in [2.45, 2.75) is 44.9 Å². The molecule has 0 aromatic rings. The van der Waals surface area contributed by atoms with Gasteiger partial charge in [0.15, 0.2) is 0 Å². The van der Waals surface area contributed by atoms with Gasteiger partial charge in [-0.1, -0.05) is 12.8 Å². The van der Waals surface area contributed by atoms with Crippen molar-refractivity contribution in [3.8, 4) is 0 Å². The van der Waals surface area contributed by atoms with E-state index in [9.17, 15) is 4.79 Å². The molecular weight excluding hydrogens is 240 g/mol. The first-order chi connectivity index (χ1) is 9.24. The number of carbonyl (C=O) groups excluding carboxylic acids is 1. The van der Waals surface area contributed by atoms with Crippen molar-refractivity contribution in [1.29, 1.82) is 0 Å². The lowest BCUT2D eigenvalue weighted by molar-refractivity contribution is -0.120. The van der Waals surface area contributed by atoms with Crippen LogP contribution in [0.2, 0.25) is 0 Å². The zero-order chi connectivity index (χ0) is 13.6. The molecule has 2 N–H and O–H groups in total. The van der Waals surface area contributed by atoms with Crippen LogP contribution in [-0.2, 0) is 9.53 Å². The minimum atomic E-state index is 0.143. The van der Waals surface area contributed by atoms with Crippen molar-refractivity contribution in [2.75, 3.05) is 33.4 Å². The second-order valence-corrected chi connectivity index (χ2v) is 6.30. The first kappa shape index (κ1) is 14.8. The molecule has 110 valence electrons. The smallest absolute Gasteiger partial charge is 0.233 e. The molecule has 4 nitrogen and oxygen atoms in total. The highest BCUT2D eigenvalue weighted by molar-refractivity contribution is 5.78. The van der Waals surface area contributed by atoms with Crippen LogP contribution in [-0.4, -0.2) is 39.3 Å². The highest BCUT2D eigenvalue weighted by Crippen LogP contribution is 2.40. The summed E-state index contributed by atoms with van der Waals surface area (Å²) >= 11 is 0. The molecule has 2 rings (SSSR count). The second-order valence-electron chi connectivity index (χ2n) is 6.30. The Bertz CT molecular complexity index is 284. The van der Waals surface area contributed by atoms with Crippen LogP contribution in [0.4, 0.5) is 0 Å². The van der Waals surface area contributed by atoms with E-state index in [1.807, 2.05) is 0 Å². The molecule has 0 aromatic carbocycles. The summed E-state index contributed by atoms with van der Waals surface area (Å²) in [5.74, 6) is 0.972. The van der Waals surface area contributed by atoms with E-state index in [0.717, 1.165) is 32.0 Å². The molecule has 2 fully saturated rings. The van der Waals surface area contributed by atoms with Crippen molar-refractivity contribution < 1.29 is 9.53 Å². The van der Waals surface area contributed by atoms with Gasteiger partial charge in [-0.2, -0.15) is 0 Å². The minimum absolute atomic E-state index is 0.143. The number of rotatable bonds is 9. The van der Waals surface area contributed by atoms with Gasteiger partial charge in [0.05, 0.1) is 6.54 Å². The van der Waals surface area contributed by atoms with Gasteiger partial charge in [0, 0.05) is 20.3 Å². The lowest BCUT2D eigenvalue weighted by Crippen LogP contribution is -2.41. The summed E-state index contributed by atoms with van der Waals surface area (Å²) in [6.07, 6.45) is 8.76. The normalized spacial score (nSPS) is 21.5. The Kier molecular flexibility index (Phi) is 5.64. The third-order valence-electron chi connectivity index (χ3n) is 4.58. The maximum Gasteiger partial charge on any atom is 0.233 e. The molecule has 4 heteroatoms. The van der Waals surface area contributed by atoms with Crippen LogP contribution in [0.15, 0.2) is 0 Å². The van der Waals surface area contributed by atoms with Crippen LogP contribution in [0.1, 0.15) is 44.9 Å². The minimum Gasteiger partial charge on any atom is -0.385 e. The van der Waals surface area contributed by atoms with E-state index in [4.69, 9.17) is 4.74 Å². The molecule has 0 radical (unpaired) electrons. The third-order valence-corrected chi connectivity index (χ3v) is 4.58. The van der Waals surface area contributed by atoms with E-state index in [0.29, 0.717) is 12.0 Å². The van der Waals surface area contributed by atoms with Gasteiger partial charge < -0.3 is 15.4 Å². The predicted molar refractivity (Wildman–Crippen MR) is 76.0 cm³/mol. The van der Waals surface area contributed by atoms with Crippen LogP contribution in [0, 0.1) is 11.3 Å². The summed E-state index contributed by atoms with van der Waals surface area (Å²) in [5, 5.41) is 6.35. The van der Waals surface area contributed by atoms with E-state index >= 15 is 0 Å². The number of hydrogen-bond acceptors (Lipinski definition) is 3. The molecule has 0 saturated heterocycles. The molecule has 0 aliphatic heterocycles. The lowest BCUT2D eigenvalue weighted by atomic mass is 9.83. The summed E-state index contributed by atoms with van der Waals surface area (Å²) in [6, 6.07) is 0. The molecule has 0 aromatic heterocycles. The van der Waals surface area contributed by atoms with Crippen LogP contribution in [0.25, 0.3) is 0 Å². The molecule has 2 aliphatic carbocycles. The van der Waals surface area contributed by atoms with Crippen LogP contribution >= 0.6 is 0 Å². The highest BCUT2D eigenvalue weighted by atomic mass is 16.5. The first-order valence-corrected chi connectivity index (χ1v) is 7.70. The van der Waals surface area contributed by atoms with Gasteiger partial charge in [0.1, 0.15) is 0 Å². The summed E-state index contributed by atoms with van der Waals surface area (Å²) < 4.78 is 5.21. The van der Waals surface area contributed by atoms with Gasteiger partial charge in [-0.15, -0.1) is 0 Å². The lowest BCUT2D eigenvalue weighted by Gasteiger charge is -2.29.